The SMILES string of the molecule is CC1CC1c1nc(Cc2nccn2C(F)F)no1. The Morgan fingerprint density at radius 1 is 1.56 bits per heavy atom. The van der Waals surface area contributed by atoms with Crippen molar-refractivity contribution in [3.05, 3.63) is 29.9 Å². The van der Waals surface area contributed by atoms with Crippen LogP contribution in [0.1, 0.15) is 43.4 Å². The maximum atomic E-state index is 12.6. The summed E-state index contributed by atoms with van der Waals surface area (Å²) in [7, 11) is 0. The summed E-state index contributed by atoms with van der Waals surface area (Å²) in [5.41, 5.74) is 0. The summed E-state index contributed by atoms with van der Waals surface area (Å²) >= 11 is 0. The molecule has 5 nitrogen and oxygen atoms in total. The van der Waals surface area contributed by atoms with Crippen molar-refractivity contribution >= 4 is 0 Å². The summed E-state index contributed by atoms with van der Waals surface area (Å²) in [6.45, 7) is -0.491. The van der Waals surface area contributed by atoms with Crippen LogP contribution in [0.3, 0.4) is 0 Å². The van der Waals surface area contributed by atoms with Gasteiger partial charge in [-0.15, -0.1) is 0 Å². The van der Waals surface area contributed by atoms with Crippen molar-refractivity contribution < 1.29 is 13.3 Å². The van der Waals surface area contributed by atoms with Crippen molar-refractivity contribution in [2.75, 3.05) is 0 Å². The van der Waals surface area contributed by atoms with Gasteiger partial charge < -0.3 is 4.52 Å². The summed E-state index contributed by atoms with van der Waals surface area (Å²) in [4.78, 5) is 8.10. The average molecular weight is 254 g/mol. The lowest BCUT2D eigenvalue weighted by Crippen LogP contribution is -2.05. The van der Waals surface area contributed by atoms with Crippen LogP contribution >= 0.6 is 0 Å². The molecule has 1 saturated carbocycles. The zero-order chi connectivity index (χ0) is 12.7. The average Bonchev–Trinajstić information content (AvgIpc) is 2.80. The highest BCUT2D eigenvalue weighted by molar-refractivity contribution is 5.08. The van der Waals surface area contributed by atoms with Gasteiger partial charge in [-0.3, -0.25) is 4.57 Å². The van der Waals surface area contributed by atoms with Gasteiger partial charge in [-0.05, 0) is 12.3 Å². The Morgan fingerprint density at radius 3 is 3.00 bits per heavy atom. The molecule has 0 N–H and O–H groups in total. The zero-order valence-corrected chi connectivity index (χ0v) is 9.75. The molecule has 2 unspecified atom stereocenters. The first-order valence-electron chi connectivity index (χ1n) is 5.77. The molecule has 0 aliphatic heterocycles. The van der Waals surface area contributed by atoms with E-state index >= 15 is 0 Å². The summed E-state index contributed by atoms with van der Waals surface area (Å²) < 4.78 is 31.2. The predicted octanol–water partition coefficient (Wildman–Crippen LogP) is 2.38. The Morgan fingerprint density at radius 2 is 2.33 bits per heavy atom. The Labute approximate surface area is 102 Å². The lowest BCUT2D eigenvalue weighted by Gasteiger charge is -2.03. The lowest BCUT2D eigenvalue weighted by atomic mass is 10.3. The van der Waals surface area contributed by atoms with E-state index in [0.717, 1.165) is 11.0 Å². The second kappa shape index (κ2) is 4.15. The molecule has 0 spiro atoms. The van der Waals surface area contributed by atoms with Gasteiger partial charge in [-0.1, -0.05) is 12.1 Å². The summed E-state index contributed by atoms with van der Waals surface area (Å²) in [6.07, 6.45) is 3.78. The normalized spacial score (nSPS) is 22.7. The van der Waals surface area contributed by atoms with Crippen molar-refractivity contribution in [1.29, 1.82) is 0 Å². The first-order chi connectivity index (χ1) is 8.65. The van der Waals surface area contributed by atoms with E-state index in [9.17, 15) is 8.78 Å². The van der Waals surface area contributed by atoms with E-state index < -0.39 is 6.55 Å². The highest BCUT2D eigenvalue weighted by Crippen LogP contribution is 2.46. The van der Waals surface area contributed by atoms with E-state index in [4.69, 9.17) is 4.52 Å². The van der Waals surface area contributed by atoms with Crippen molar-refractivity contribution in [3.8, 4) is 0 Å². The highest BCUT2D eigenvalue weighted by atomic mass is 19.3. The highest BCUT2D eigenvalue weighted by Gasteiger charge is 2.38. The van der Waals surface area contributed by atoms with Crippen LogP contribution in [-0.2, 0) is 6.42 Å². The predicted molar refractivity (Wildman–Crippen MR) is 57.1 cm³/mol. The van der Waals surface area contributed by atoms with Crippen LogP contribution < -0.4 is 0 Å². The van der Waals surface area contributed by atoms with Gasteiger partial charge in [0.05, 0.1) is 6.42 Å². The second-order valence-corrected chi connectivity index (χ2v) is 4.57. The Bertz CT molecular complexity index is 551. The van der Waals surface area contributed by atoms with Crippen molar-refractivity contribution in [3.63, 3.8) is 0 Å². The molecule has 0 bridgehead atoms. The van der Waals surface area contributed by atoms with Crippen molar-refractivity contribution in [1.82, 2.24) is 19.7 Å². The monoisotopic (exact) mass is 254 g/mol. The molecule has 7 heteroatoms. The third-order valence-corrected chi connectivity index (χ3v) is 3.19. The summed E-state index contributed by atoms with van der Waals surface area (Å²) in [5.74, 6) is 2.15. The van der Waals surface area contributed by atoms with Crippen LogP contribution in [0.5, 0.6) is 0 Å². The fourth-order valence-electron chi connectivity index (χ4n) is 1.96. The zero-order valence-electron chi connectivity index (χ0n) is 9.75. The van der Waals surface area contributed by atoms with Crippen LogP contribution in [0, 0.1) is 5.92 Å². The molecule has 3 rings (SSSR count). The molecule has 0 radical (unpaired) electrons. The molecule has 0 amide bonds. The van der Waals surface area contributed by atoms with Gasteiger partial charge in [0.15, 0.2) is 5.82 Å². The Hall–Kier alpha value is -1.79. The molecule has 1 aliphatic carbocycles. The van der Waals surface area contributed by atoms with E-state index in [1.54, 1.807) is 0 Å². The van der Waals surface area contributed by atoms with E-state index in [0.29, 0.717) is 23.6 Å². The fourth-order valence-corrected chi connectivity index (χ4v) is 1.96. The van der Waals surface area contributed by atoms with Gasteiger partial charge >= 0.3 is 6.55 Å². The standard InChI is InChI=1S/C11H12F2N4O/c1-6-4-7(6)10-15-8(16-18-10)5-9-14-2-3-17(9)11(12)13/h2-3,6-7,11H,4-5H2,1H3. The number of aromatic nitrogens is 4. The summed E-state index contributed by atoms with van der Waals surface area (Å²) in [5, 5.41) is 3.80. The van der Waals surface area contributed by atoms with Gasteiger partial charge in [0, 0.05) is 18.3 Å². The number of nitrogens with zero attached hydrogens (tertiary/aromatic N) is 4. The van der Waals surface area contributed by atoms with Crippen LogP contribution in [0.25, 0.3) is 0 Å². The Balaban J connectivity index is 1.76. The lowest BCUT2D eigenvalue weighted by molar-refractivity contribution is 0.0673. The van der Waals surface area contributed by atoms with Gasteiger partial charge in [0.25, 0.3) is 0 Å². The van der Waals surface area contributed by atoms with Gasteiger partial charge in [0.2, 0.25) is 5.89 Å². The van der Waals surface area contributed by atoms with Crippen LogP contribution in [0.15, 0.2) is 16.9 Å². The van der Waals surface area contributed by atoms with Gasteiger partial charge in [-0.25, -0.2) is 4.98 Å². The molecule has 2 heterocycles. The van der Waals surface area contributed by atoms with Gasteiger partial charge in [-0.2, -0.15) is 13.8 Å². The fraction of sp³-hybridized carbons (Fsp3) is 0.545. The van der Waals surface area contributed by atoms with E-state index in [2.05, 4.69) is 22.0 Å². The second-order valence-electron chi connectivity index (χ2n) is 4.57. The maximum Gasteiger partial charge on any atom is 0.319 e. The first-order valence-corrected chi connectivity index (χ1v) is 5.77. The maximum absolute atomic E-state index is 12.6. The molecule has 2 aromatic heterocycles. The summed E-state index contributed by atoms with van der Waals surface area (Å²) in [6, 6.07) is 0. The Kier molecular flexibility index (Phi) is 2.61. The smallest absolute Gasteiger partial charge is 0.319 e. The first kappa shape index (κ1) is 11.3. The van der Waals surface area contributed by atoms with Crippen molar-refractivity contribution in [2.45, 2.75) is 32.2 Å². The van der Waals surface area contributed by atoms with Gasteiger partial charge in [0.1, 0.15) is 5.82 Å². The van der Waals surface area contributed by atoms with Crippen molar-refractivity contribution in [2.24, 2.45) is 5.92 Å². The molecule has 2 aromatic rings. The third-order valence-electron chi connectivity index (χ3n) is 3.19. The molecule has 1 aliphatic rings. The van der Waals surface area contributed by atoms with E-state index in [1.165, 1.54) is 12.4 Å². The molecule has 96 valence electrons. The number of alkyl halides is 2. The van der Waals surface area contributed by atoms with E-state index in [1.807, 2.05) is 0 Å². The minimum atomic E-state index is -2.60. The molecular weight excluding hydrogens is 242 g/mol. The number of hydrogen-bond donors (Lipinski definition) is 0. The molecule has 2 atom stereocenters. The van der Waals surface area contributed by atoms with Crippen LogP contribution in [0.2, 0.25) is 0 Å². The number of hydrogen-bond acceptors (Lipinski definition) is 4. The minimum absolute atomic E-state index is 0.155. The number of halogens is 2. The van der Waals surface area contributed by atoms with E-state index in [-0.39, 0.29) is 12.2 Å². The third kappa shape index (κ3) is 2.00. The molecule has 1 fully saturated rings. The van der Waals surface area contributed by atoms with Crippen LogP contribution in [0.4, 0.5) is 8.78 Å². The molecule has 18 heavy (non-hydrogen) atoms. The molecule has 0 saturated heterocycles. The molecular formula is C11H12F2N4O. The number of imidazole rings is 1. The van der Waals surface area contributed by atoms with Crippen LogP contribution in [-0.4, -0.2) is 19.7 Å². The largest absolute Gasteiger partial charge is 0.339 e. The minimum Gasteiger partial charge on any atom is -0.339 e. The number of rotatable bonds is 4. The topological polar surface area (TPSA) is 56.7 Å². The quantitative estimate of drug-likeness (QED) is 0.840. The molecule has 0 aromatic carbocycles.